The van der Waals surface area contributed by atoms with Gasteiger partial charge in [0.2, 0.25) is 0 Å². The summed E-state index contributed by atoms with van der Waals surface area (Å²) in [6.07, 6.45) is 17.0. The van der Waals surface area contributed by atoms with E-state index in [0.29, 0.717) is 41.9 Å². The largest absolute Gasteiger partial charge is 0.393 e. The van der Waals surface area contributed by atoms with E-state index >= 15 is 0 Å². The highest BCUT2D eigenvalue weighted by molar-refractivity contribution is 5.33. The molecule has 3 saturated carbocycles. The molecule has 1 saturated heterocycles. The Balaban J connectivity index is 1.45. The van der Waals surface area contributed by atoms with Gasteiger partial charge in [-0.3, -0.25) is 0 Å². The van der Waals surface area contributed by atoms with E-state index in [-0.39, 0.29) is 22.5 Å². The van der Waals surface area contributed by atoms with Gasteiger partial charge in [0.25, 0.3) is 0 Å². The van der Waals surface area contributed by atoms with Crippen molar-refractivity contribution in [2.24, 2.45) is 46.3 Å². The number of allylic oxidation sites excluding steroid dienone is 2. The number of hydrogen-bond acceptors (Lipinski definition) is 3. The molecule has 0 amide bonds. The van der Waals surface area contributed by atoms with Crippen LogP contribution in [0.4, 0.5) is 0 Å². The summed E-state index contributed by atoms with van der Waals surface area (Å²) in [6.45, 7) is 14.4. The molecule has 2 bridgehead atoms. The van der Waals surface area contributed by atoms with Gasteiger partial charge in [-0.05, 0) is 73.7 Å². The van der Waals surface area contributed by atoms with E-state index in [2.05, 4.69) is 65.8 Å². The molecule has 31 heavy (non-hydrogen) atoms. The van der Waals surface area contributed by atoms with Crippen molar-refractivity contribution in [1.82, 2.24) is 0 Å². The van der Waals surface area contributed by atoms with Crippen LogP contribution in [0.3, 0.4) is 0 Å². The van der Waals surface area contributed by atoms with Crippen molar-refractivity contribution < 1.29 is 14.9 Å². The Bertz CT molecular complexity index is 772. The molecule has 6 rings (SSSR count). The molecule has 0 aromatic rings. The first-order chi connectivity index (χ1) is 14.6. The first kappa shape index (κ1) is 22.2. The maximum atomic E-state index is 10.4. The van der Waals surface area contributed by atoms with Gasteiger partial charge in [-0.15, -0.1) is 0 Å². The Morgan fingerprint density at radius 1 is 0.903 bits per heavy atom. The minimum atomic E-state index is -0.439. The molecule has 1 N–H and O–H groups in total. The molecule has 174 valence electrons. The molecule has 2 heterocycles. The molecule has 6 aliphatic rings. The van der Waals surface area contributed by atoms with E-state index in [1.165, 1.54) is 25.7 Å². The minimum Gasteiger partial charge on any atom is -0.393 e. The summed E-state index contributed by atoms with van der Waals surface area (Å²) in [5, 5.41) is 10.4. The molecule has 0 radical (unpaired) electrons. The summed E-state index contributed by atoms with van der Waals surface area (Å²) < 4.78 is 0. The molecular formula is C28H44O3. The Hall–Kier alpha value is -0.640. The summed E-state index contributed by atoms with van der Waals surface area (Å²) >= 11 is 0. The lowest BCUT2D eigenvalue weighted by Gasteiger charge is -2.69. The van der Waals surface area contributed by atoms with E-state index in [4.69, 9.17) is 9.78 Å². The summed E-state index contributed by atoms with van der Waals surface area (Å²) in [5.74, 6) is 3.64. The van der Waals surface area contributed by atoms with Gasteiger partial charge in [-0.25, -0.2) is 9.78 Å². The van der Waals surface area contributed by atoms with Crippen LogP contribution in [0.5, 0.6) is 0 Å². The fourth-order valence-electron chi connectivity index (χ4n) is 8.71. The lowest BCUT2D eigenvalue weighted by molar-refractivity contribution is -0.497. The van der Waals surface area contributed by atoms with Crippen LogP contribution in [0.25, 0.3) is 0 Å². The summed E-state index contributed by atoms with van der Waals surface area (Å²) in [5.41, 5.74) is -0.366. The highest BCUT2D eigenvalue weighted by atomic mass is 17.2. The van der Waals surface area contributed by atoms with Gasteiger partial charge in [0, 0.05) is 23.7 Å². The third-order valence-corrected chi connectivity index (χ3v) is 11.1. The third kappa shape index (κ3) is 2.88. The van der Waals surface area contributed by atoms with Gasteiger partial charge < -0.3 is 5.11 Å². The first-order valence-corrected chi connectivity index (χ1v) is 13.0. The zero-order valence-corrected chi connectivity index (χ0v) is 20.6. The summed E-state index contributed by atoms with van der Waals surface area (Å²) in [4.78, 5) is 12.8. The molecule has 2 spiro atoms. The maximum absolute atomic E-state index is 10.4. The molecule has 4 fully saturated rings. The van der Waals surface area contributed by atoms with E-state index < -0.39 is 5.60 Å². The predicted octanol–water partition coefficient (Wildman–Crippen LogP) is 6.47. The molecule has 3 heteroatoms. The van der Waals surface area contributed by atoms with Gasteiger partial charge in [-0.2, -0.15) is 0 Å². The molecule has 10 atom stereocenters. The van der Waals surface area contributed by atoms with Crippen molar-refractivity contribution in [1.29, 1.82) is 0 Å². The standard InChI is InChI=1S/C28H44O3/c1-18(2)19(3)7-8-20(4)22-9-10-23-25(22,5)13-12-24-26(6)14-11-21(29)17-27(26)15-16-28(23,24)31-30-27/h7-8,15-16,18-24,29H,9-14,17H2,1-6H3/b8-7+/t19-,20+,21-,22+,23+,24-,25+,26+,27-,28+/m0/s1. The second kappa shape index (κ2) is 7.18. The second-order valence-corrected chi connectivity index (χ2v) is 12.7. The molecule has 3 nitrogen and oxygen atoms in total. The molecule has 2 aliphatic heterocycles. The van der Waals surface area contributed by atoms with Crippen LogP contribution in [0.1, 0.15) is 86.5 Å². The van der Waals surface area contributed by atoms with Gasteiger partial charge >= 0.3 is 0 Å². The van der Waals surface area contributed by atoms with Crippen molar-refractivity contribution in [2.45, 2.75) is 104 Å². The Labute approximate surface area is 189 Å². The van der Waals surface area contributed by atoms with Crippen LogP contribution in [-0.2, 0) is 9.78 Å². The zero-order chi connectivity index (χ0) is 22.2. The normalized spacial score (nSPS) is 52.8. The minimum absolute atomic E-state index is 0.0663. The SMILES string of the molecule is CC(C)[C@@H](C)/C=C/[C@@H](C)[C@H]1CC[C@@H]2[C@]1(C)CC[C@@H]1[C@@]23C=C[C@@]2(C[C@@H](O)CC[C@]12C)OO3. The van der Waals surface area contributed by atoms with Crippen LogP contribution >= 0.6 is 0 Å². The van der Waals surface area contributed by atoms with Crippen LogP contribution in [-0.4, -0.2) is 22.4 Å². The van der Waals surface area contributed by atoms with Crippen LogP contribution in [0.2, 0.25) is 0 Å². The van der Waals surface area contributed by atoms with Crippen LogP contribution in [0.15, 0.2) is 24.3 Å². The molecule has 0 aromatic carbocycles. The smallest absolute Gasteiger partial charge is 0.130 e. The van der Waals surface area contributed by atoms with Crippen molar-refractivity contribution in [3.05, 3.63) is 24.3 Å². The molecule has 4 aliphatic carbocycles. The Morgan fingerprint density at radius 3 is 2.35 bits per heavy atom. The third-order valence-electron chi connectivity index (χ3n) is 11.1. The number of rotatable bonds is 4. The average Bonchev–Trinajstić information content (AvgIpc) is 3.09. The zero-order valence-electron chi connectivity index (χ0n) is 20.6. The Kier molecular flexibility index (Phi) is 5.13. The summed E-state index contributed by atoms with van der Waals surface area (Å²) in [6, 6.07) is 0. The second-order valence-electron chi connectivity index (χ2n) is 12.7. The highest BCUT2D eigenvalue weighted by Crippen LogP contribution is 2.72. The summed E-state index contributed by atoms with van der Waals surface area (Å²) in [7, 11) is 0. The van der Waals surface area contributed by atoms with Crippen molar-refractivity contribution in [3.63, 3.8) is 0 Å². The fraction of sp³-hybridized carbons (Fsp3) is 0.857. The van der Waals surface area contributed by atoms with Gasteiger partial charge in [0.1, 0.15) is 11.2 Å². The van der Waals surface area contributed by atoms with Gasteiger partial charge in [0.05, 0.1) is 6.10 Å². The topological polar surface area (TPSA) is 38.7 Å². The lowest BCUT2D eigenvalue weighted by Crippen LogP contribution is -2.73. The van der Waals surface area contributed by atoms with E-state index in [1.807, 2.05) is 0 Å². The van der Waals surface area contributed by atoms with E-state index in [9.17, 15) is 5.11 Å². The molecule has 0 unspecified atom stereocenters. The Morgan fingerprint density at radius 2 is 1.68 bits per heavy atom. The van der Waals surface area contributed by atoms with Crippen molar-refractivity contribution >= 4 is 0 Å². The van der Waals surface area contributed by atoms with Crippen LogP contribution in [0, 0.1) is 46.3 Å². The molecule has 0 aromatic heterocycles. The highest BCUT2D eigenvalue weighted by Gasteiger charge is 2.74. The van der Waals surface area contributed by atoms with E-state index in [0.717, 1.165) is 12.8 Å². The maximum Gasteiger partial charge on any atom is 0.130 e. The fourth-order valence-corrected chi connectivity index (χ4v) is 8.71. The van der Waals surface area contributed by atoms with Crippen molar-refractivity contribution in [3.8, 4) is 0 Å². The lowest BCUT2D eigenvalue weighted by atomic mass is 9.43. The number of aliphatic hydroxyl groups is 1. The average molecular weight is 429 g/mol. The van der Waals surface area contributed by atoms with Crippen LogP contribution < -0.4 is 0 Å². The van der Waals surface area contributed by atoms with Gasteiger partial charge in [-0.1, -0.05) is 59.8 Å². The molecular weight excluding hydrogens is 384 g/mol. The quantitative estimate of drug-likeness (QED) is 0.412. The van der Waals surface area contributed by atoms with E-state index in [1.54, 1.807) is 0 Å². The van der Waals surface area contributed by atoms with Crippen molar-refractivity contribution in [2.75, 3.05) is 0 Å². The number of fused-ring (bicyclic) bond motifs is 2. The van der Waals surface area contributed by atoms with Gasteiger partial charge in [0.15, 0.2) is 0 Å². The first-order valence-electron chi connectivity index (χ1n) is 13.0. The monoisotopic (exact) mass is 428 g/mol. The number of hydrogen-bond donors (Lipinski definition) is 1. The predicted molar refractivity (Wildman–Crippen MR) is 124 cm³/mol. The number of aliphatic hydroxyl groups excluding tert-OH is 1.